The molecule has 0 spiro atoms. The minimum Gasteiger partial charge on any atom is -0.352 e. The van der Waals surface area contributed by atoms with Crippen LogP contribution in [-0.2, 0) is 0 Å². The van der Waals surface area contributed by atoms with Crippen molar-refractivity contribution < 1.29 is 4.79 Å². The maximum absolute atomic E-state index is 11.9. The fourth-order valence-corrected chi connectivity index (χ4v) is 1.39. The molecule has 0 saturated carbocycles. The Hall–Kier alpha value is -1.62. The first kappa shape index (κ1) is 13.4. The Bertz CT molecular complexity index is 392. The highest BCUT2D eigenvalue weighted by Crippen LogP contribution is 2.09. The van der Waals surface area contributed by atoms with Crippen molar-refractivity contribution in [1.29, 1.82) is 0 Å². The zero-order valence-electron chi connectivity index (χ0n) is 10.6. The smallest absolute Gasteiger partial charge is 0.251 e. The Morgan fingerprint density at radius 3 is 2.82 bits per heavy atom. The van der Waals surface area contributed by atoms with Crippen LogP contribution in [0.25, 0.3) is 0 Å². The molecule has 0 aliphatic carbocycles. The molecule has 0 aromatic carbocycles. The van der Waals surface area contributed by atoms with Crippen molar-refractivity contribution in [2.24, 2.45) is 11.8 Å². The number of aryl methyl sites for hydroxylation is 1. The molecule has 1 amide bonds. The second kappa shape index (κ2) is 6.20. The van der Waals surface area contributed by atoms with Crippen LogP contribution >= 0.6 is 0 Å². The minimum absolute atomic E-state index is 0.0905. The van der Waals surface area contributed by atoms with E-state index in [1.54, 1.807) is 12.1 Å². The second-order valence-electron chi connectivity index (χ2n) is 4.25. The number of carbonyl (C=O) groups is 1. The van der Waals surface area contributed by atoms with Gasteiger partial charge in [0, 0.05) is 17.8 Å². The summed E-state index contributed by atoms with van der Waals surface area (Å²) in [7, 11) is 0. The molecule has 5 nitrogen and oxygen atoms in total. The quantitative estimate of drug-likeness (QED) is 0.534. The van der Waals surface area contributed by atoms with Crippen LogP contribution in [0, 0.1) is 12.8 Å². The molecule has 1 aromatic heterocycles. The lowest BCUT2D eigenvalue weighted by molar-refractivity contribution is 0.0947. The fourth-order valence-electron chi connectivity index (χ4n) is 1.39. The SMILES string of the molecule is CCC(C)CNC(=O)c1cc(C)nc(NN)c1. The number of rotatable bonds is 5. The van der Waals surface area contributed by atoms with Crippen LogP contribution in [0.1, 0.15) is 36.3 Å². The monoisotopic (exact) mass is 236 g/mol. The summed E-state index contributed by atoms with van der Waals surface area (Å²) < 4.78 is 0. The van der Waals surface area contributed by atoms with E-state index in [-0.39, 0.29) is 5.91 Å². The topological polar surface area (TPSA) is 80.0 Å². The second-order valence-corrected chi connectivity index (χ2v) is 4.25. The van der Waals surface area contributed by atoms with Crippen molar-refractivity contribution in [3.63, 3.8) is 0 Å². The van der Waals surface area contributed by atoms with Crippen LogP contribution in [0.15, 0.2) is 12.1 Å². The van der Waals surface area contributed by atoms with Crippen molar-refractivity contribution in [3.8, 4) is 0 Å². The number of amides is 1. The van der Waals surface area contributed by atoms with Gasteiger partial charge in [0.05, 0.1) is 0 Å². The number of hydrazine groups is 1. The molecule has 1 aromatic rings. The molecule has 4 N–H and O–H groups in total. The number of nitrogens with zero attached hydrogens (tertiary/aromatic N) is 1. The standard InChI is InChI=1S/C12H20N4O/c1-4-8(2)7-14-12(17)10-5-9(3)15-11(6-10)16-13/h5-6,8H,4,7,13H2,1-3H3,(H,14,17)(H,15,16). The van der Waals surface area contributed by atoms with Crippen LogP contribution in [0.2, 0.25) is 0 Å². The van der Waals surface area contributed by atoms with E-state index in [0.29, 0.717) is 23.8 Å². The zero-order chi connectivity index (χ0) is 12.8. The summed E-state index contributed by atoms with van der Waals surface area (Å²) in [4.78, 5) is 16.0. The van der Waals surface area contributed by atoms with E-state index >= 15 is 0 Å². The van der Waals surface area contributed by atoms with Crippen LogP contribution < -0.4 is 16.6 Å². The van der Waals surface area contributed by atoms with Gasteiger partial charge in [-0.1, -0.05) is 20.3 Å². The molecule has 0 radical (unpaired) electrons. The molecule has 1 heterocycles. The Morgan fingerprint density at radius 2 is 2.24 bits per heavy atom. The molecule has 94 valence electrons. The fraction of sp³-hybridized carbons (Fsp3) is 0.500. The summed E-state index contributed by atoms with van der Waals surface area (Å²) in [5.74, 6) is 6.18. The summed E-state index contributed by atoms with van der Waals surface area (Å²) in [5.41, 5.74) is 3.78. The number of anilines is 1. The molecular weight excluding hydrogens is 216 g/mol. The van der Waals surface area contributed by atoms with Crippen molar-refractivity contribution in [2.75, 3.05) is 12.0 Å². The van der Waals surface area contributed by atoms with Gasteiger partial charge < -0.3 is 10.7 Å². The molecule has 0 aliphatic heterocycles. The molecular formula is C12H20N4O. The third kappa shape index (κ3) is 4.03. The predicted octanol–water partition coefficient (Wildman–Crippen LogP) is 1.45. The Balaban J connectivity index is 2.71. The maximum Gasteiger partial charge on any atom is 0.251 e. The van der Waals surface area contributed by atoms with Gasteiger partial charge in [-0.05, 0) is 25.0 Å². The van der Waals surface area contributed by atoms with Crippen LogP contribution in [-0.4, -0.2) is 17.4 Å². The number of nitrogens with one attached hydrogen (secondary N) is 2. The van der Waals surface area contributed by atoms with Crippen LogP contribution in [0.4, 0.5) is 5.82 Å². The molecule has 0 bridgehead atoms. The number of hydrogen-bond donors (Lipinski definition) is 3. The zero-order valence-corrected chi connectivity index (χ0v) is 10.6. The van der Waals surface area contributed by atoms with Gasteiger partial charge in [-0.15, -0.1) is 0 Å². The number of pyridine rings is 1. The molecule has 5 heteroatoms. The third-order valence-corrected chi connectivity index (χ3v) is 2.67. The molecule has 0 aliphatic rings. The van der Waals surface area contributed by atoms with Crippen molar-refractivity contribution in [1.82, 2.24) is 10.3 Å². The van der Waals surface area contributed by atoms with E-state index in [2.05, 4.69) is 29.6 Å². The predicted molar refractivity (Wildman–Crippen MR) is 68.6 cm³/mol. The largest absolute Gasteiger partial charge is 0.352 e. The number of nitrogen functional groups attached to an aromatic ring is 1. The summed E-state index contributed by atoms with van der Waals surface area (Å²) >= 11 is 0. The lowest BCUT2D eigenvalue weighted by atomic mass is 10.1. The first-order chi connectivity index (χ1) is 8.06. The van der Waals surface area contributed by atoms with Gasteiger partial charge in [0.25, 0.3) is 5.91 Å². The maximum atomic E-state index is 11.9. The van der Waals surface area contributed by atoms with E-state index in [4.69, 9.17) is 5.84 Å². The third-order valence-electron chi connectivity index (χ3n) is 2.67. The van der Waals surface area contributed by atoms with Gasteiger partial charge in [0.15, 0.2) is 0 Å². The average Bonchev–Trinajstić information content (AvgIpc) is 2.34. The molecule has 1 rings (SSSR count). The average molecular weight is 236 g/mol. The van der Waals surface area contributed by atoms with Gasteiger partial charge in [-0.2, -0.15) is 0 Å². The summed E-state index contributed by atoms with van der Waals surface area (Å²) in [6.45, 7) is 6.71. The van der Waals surface area contributed by atoms with E-state index in [1.165, 1.54) is 0 Å². The Morgan fingerprint density at radius 1 is 1.53 bits per heavy atom. The van der Waals surface area contributed by atoms with E-state index in [0.717, 1.165) is 12.1 Å². The molecule has 1 atom stereocenters. The van der Waals surface area contributed by atoms with E-state index < -0.39 is 0 Å². The number of carbonyl (C=O) groups excluding carboxylic acids is 1. The minimum atomic E-state index is -0.0905. The first-order valence-corrected chi connectivity index (χ1v) is 5.80. The normalized spacial score (nSPS) is 12.0. The number of aromatic nitrogens is 1. The van der Waals surface area contributed by atoms with Crippen molar-refractivity contribution >= 4 is 11.7 Å². The van der Waals surface area contributed by atoms with Gasteiger partial charge in [0.2, 0.25) is 0 Å². The van der Waals surface area contributed by atoms with Gasteiger partial charge >= 0.3 is 0 Å². The molecule has 0 fully saturated rings. The summed E-state index contributed by atoms with van der Waals surface area (Å²) in [6.07, 6.45) is 1.05. The highest BCUT2D eigenvalue weighted by Gasteiger charge is 2.09. The van der Waals surface area contributed by atoms with Gasteiger partial charge in [0.1, 0.15) is 5.82 Å². The summed E-state index contributed by atoms with van der Waals surface area (Å²) in [6, 6.07) is 3.38. The number of hydrogen-bond acceptors (Lipinski definition) is 4. The highest BCUT2D eigenvalue weighted by atomic mass is 16.1. The first-order valence-electron chi connectivity index (χ1n) is 5.80. The Labute approximate surface area is 102 Å². The van der Waals surface area contributed by atoms with Crippen LogP contribution in [0.3, 0.4) is 0 Å². The van der Waals surface area contributed by atoms with Crippen molar-refractivity contribution in [2.45, 2.75) is 27.2 Å². The van der Waals surface area contributed by atoms with Gasteiger partial charge in [-0.25, -0.2) is 10.8 Å². The molecule has 1 unspecified atom stereocenters. The van der Waals surface area contributed by atoms with E-state index in [9.17, 15) is 4.79 Å². The highest BCUT2D eigenvalue weighted by molar-refractivity contribution is 5.94. The summed E-state index contributed by atoms with van der Waals surface area (Å²) in [5, 5.41) is 2.89. The lowest BCUT2D eigenvalue weighted by Gasteiger charge is -2.11. The molecule has 0 saturated heterocycles. The molecule has 17 heavy (non-hydrogen) atoms. The Kier molecular flexibility index (Phi) is 4.90. The van der Waals surface area contributed by atoms with Crippen LogP contribution in [0.5, 0.6) is 0 Å². The van der Waals surface area contributed by atoms with Gasteiger partial charge in [-0.3, -0.25) is 4.79 Å². The number of nitrogens with two attached hydrogens (primary N) is 1. The van der Waals surface area contributed by atoms with Crippen molar-refractivity contribution in [3.05, 3.63) is 23.4 Å². The van der Waals surface area contributed by atoms with E-state index in [1.807, 2.05) is 6.92 Å². The lowest BCUT2D eigenvalue weighted by Crippen LogP contribution is -2.28.